The summed E-state index contributed by atoms with van der Waals surface area (Å²) < 4.78 is 1.92. The maximum atomic E-state index is 12.2. The Morgan fingerprint density at radius 1 is 1.48 bits per heavy atom. The molecule has 1 aromatic carbocycles. The van der Waals surface area contributed by atoms with Crippen LogP contribution in [-0.2, 0) is 4.79 Å². The Morgan fingerprint density at radius 2 is 2.38 bits per heavy atom. The summed E-state index contributed by atoms with van der Waals surface area (Å²) in [4.78, 5) is 12.2. The maximum absolute atomic E-state index is 12.2. The summed E-state index contributed by atoms with van der Waals surface area (Å²) in [6.45, 7) is 0. The normalized spacial score (nSPS) is 18.4. The molecule has 2 N–H and O–H groups in total. The second-order valence-corrected chi connectivity index (χ2v) is 7.22. The summed E-state index contributed by atoms with van der Waals surface area (Å²) >= 11 is 8.60. The van der Waals surface area contributed by atoms with Gasteiger partial charge in [-0.3, -0.25) is 4.79 Å². The number of benzene rings is 1. The van der Waals surface area contributed by atoms with E-state index >= 15 is 0 Å². The molecule has 1 atom stereocenters. The number of aromatic nitrogens is 4. The van der Waals surface area contributed by atoms with E-state index in [0.29, 0.717) is 4.77 Å². The Labute approximate surface area is 135 Å². The van der Waals surface area contributed by atoms with E-state index in [1.165, 1.54) is 0 Å². The predicted molar refractivity (Wildman–Crippen MR) is 88.7 cm³/mol. The molecule has 2 heterocycles. The number of nitrogens with one attached hydrogen (secondary N) is 2. The fourth-order valence-electron chi connectivity index (χ4n) is 1.95. The zero-order valence-corrected chi connectivity index (χ0v) is 13.4. The molecule has 1 saturated heterocycles. The lowest BCUT2D eigenvalue weighted by Crippen LogP contribution is -2.30. The summed E-state index contributed by atoms with van der Waals surface area (Å²) in [6.07, 6.45) is 0. The molecule has 1 aromatic heterocycles. The highest BCUT2D eigenvalue weighted by atomic mass is 32.2. The summed E-state index contributed by atoms with van der Waals surface area (Å²) in [5.74, 6) is 3.06. The van der Waals surface area contributed by atoms with Gasteiger partial charge in [-0.1, -0.05) is 16.4 Å². The highest BCUT2D eigenvalue weighted by molar-refractivity contribution is 8.07. The third-order valence-electron chi connectivity index (χ3n) is 2.95. The summed E-state index contributed by atoms with van der Waals surface area (Å²) in [6, 6.07) is 7.43. The van der Waals surface area contributed by atoms with Crippen molar-refractivity contribution in [1.82, 2.24) is 20.2 Å². The number of nitrogens with zero attached hydrogens (tertiary/aromatic N) is 3. The van der Waals surface area contributed by atoms with Gasteiger partial charge in [-0.25, -0.2) is 4.68 Å². The minimum absolute atomic E-state index is 0.0170. The first-order chi connectivity index (χ1) is 10.2. The van der Waals surface area contributed by atoms with Crippen molar-refractivity contribution in [3.05, 3.63) is 29.0 Å². The fourth-order valence-corrected chi connectivity index (χ4v) is 4.69. The molecule has 1 amide bonds. The average Bonchev–Trinajstić information content (AvgIpc) is 2.94. The second kappa shape index (κ2) is 6.63. The van der Waals surface area contributed by atoms with Crippen LogP contribution in [0.2, 0.25) is 0 Å². The number of rotatable bonds is 3. The fraction of sp³-hybridized carbons (Fsp3) is 0.333. The van der Waals surface area contributed by atoms with E-state index in [2.05, 4.69) is 20.8 Å². The smallest absolute Gasteiger partial charge is 0.242 e. The van der Waals surface area contributed by atoms with Gasteiger partial charge in [-0.05, 0) is 30.4 Å². The van der Waals surface area contributed by atoms with Gasteiger partial charge in [0.25, 0.3) is 0 Å². The van der Waals surface area contributed by atoms with Crippen molar-refractivity contribution < 1.29 is 4.79 Å². The number of hydrogen-bond donors (Lipinski definition) is 2. The predicted octanol–water partition coefficient (Wildman–Crippen LogP) is 2.11. The van der Waals surface area contributed by atoms with E-state index in [0.717, 1.165) is 28.6 Å². The van der Waals surface area contributed by atoms with E-state index in [4.69, 9.17) is 12.2 Å². The highest BCUT2D eigenvalue weighted by Crippen LogP contribution is 2.25. The van der Waals surface area contributed by atoms with Gasteiger partial charge in [0.2, 0.25) is 10.7 Å². The summed E-state index contributed by atoms with van der Waals surface area (Å²) in [5, 5.41) is 13.1. The van der Waals surface area contributed by atoms with E-state index < -0.39 is 0 Å². The quantitative estimate of drug-likeness (QED) is 0.834. The monoisotopic (exact) mass is 339 g/mol. The summed E-state index contributed by atoms with van der Waals surface area (Å²) in [7, 11) is 0. The standard InChI is InChI=1S/C12H13N5OS3/c18-11(10-7-20-4-5-21-10)13-8-2-1-3-9(6-8)17-12(19)14-15-16-17/h1-3,6,10H,4-5,7H2,(H,13,18)(H,14,16,19). The molecule has 1 fully saturated rings. The molecule has 2 aromatic rings. The molecule has 3 rings (SSSR count). The zero-order valence-electron chi connectivity index (χ0n) is 11.0. The molecule has 6 nitrogen and oxygen atoms in total. The molecule has 1 unspecified atom stereocenters. The van der Waals surface area contributed by atoms with Crippen LogP contribution in [0.5, 0.6) is 0 Å². The van der Waals surface area contributed by atoms with Gasteiger partial charge in [0, 0.05) is 22.9 Å². The van der Waals surface area contributed by atoms with Gasteiger partial charge in [0.1, 0.15) is 0 Å². The number of anilines is 1. The van der Waals surface area contributed by atoms with Crippen LogP contribution in [0.4, 0.5) is 5.69 Å². The molecule has 0 radical (unpaired) electrons. The lowest BCUT2D eigenvalue weighted by atomic mass is 10.2. The van der Waals surface area contributed by atoms with Crippen LogP contribution in [0.25, 0.3) is 5.69 Å². The first-order valence-corrected chi connectivity index (χ1v) is 8.96. The van der Waals surface area contributed by atoms with Crippen molar-refractivity contribution in [2.24, 2.45) is 0 Å². The Kier molecular flexibility index (Phi) is 4.61. The van der Waals surface area contributed by atoms with E-state index in [1.807, 2.05) is 36.0 Å². The van der Waals surface area contributed by atoms with Gasteiger partial charge < -0.3 is 5.32 Å². The number of aromatic amines is 1. The second-order valence-electron chi connectivity index (χ2n) is 4.39. The third kappa shape index (κ3) is 3.47. The number of amides is 1. The molecule has 1 aliphatic heterocycles. The molecule has 0 aliphatic carbocycles. The minimum Gasteiger partial charge on any atom is -0.325 e. The molecule has 1 aliphatic rings. The molecule has 0 spiro atoms. The largest absolute Gasteiger partial charge is 0.325 e. The number of tetrazole rings is 1. The van der Waals surface area contributed by atoms with E-state index in [9.17, 15) is 4.79 Å². The number of H-pyrrole nitrogens is 1. The van der Waals surface area contributed by atoms with Crippen LogP contribution in [-0.4, -0.2) is 48.6 Å². The Bertz CT molecular complexity index is 692. The van der Waals surface area contributed by atoms with Crippen molar-refractivity contribution in [1.29, 1.82) is 0 Å². The van der Waals surface area contributed by atoms with Crippen LogP contribution < -0.4 is 5.32 Å². The van der Waals surface area contributed by atoms with Crippen LogP contribution in [0.1, 0.15) is 0 Å². The third-order valence-corrected chi connectivity index (χ3v) is 5.97. The topological polar surface area (TPSA) is 75.6 Å². The Hall–Kier alpha value is -1.32. The minimum atomic E-state index is 0.0170. The van der Waals surface area contributed by atoms with Gasteiger partial charge in [-0.15, -0.1) is 11.8 Å². The van der Waals surface area contributed by atoms with Crippen molar-refractivity contribution in [3.63, 3.8) is 0 Å². The van der Waals surface area contributed by atoms with Crippen LogP contribution in [0.15, 0.2) is 24.3 Å². The molecule has 9 heteroatoms. The molecule has 0 bridgehead atoms. The number of hydrogen-bond acceptors (Lipinski definition) is 6. The van der Waals surface area contributed by atoms with E-state index in [-0.39, 0.29) is 11.2 Å². The van der Waals surface area contributed by atoms with Gasteiger partial charge >= 0.3 is 0 Å². The van der Waals surface area contributed by atoms with Crippen molar-refractivity contribution in [3.8, 4) is 5.69 Å². The molecular weight excluding hydrogens is 326 g/mol. The maximum Gasteiger partial charge on any atom is 0.242 e. The molecular formula is C12H13N5OS3. The molecule has 0 saturated carbocycles. The number of carbonyl (C=O) groups excluding carboxylic acids is 1. The first kappa shape index (κ1) is 14.6. The average molecular weight is 339 g/mol. The SMILES string of the molecule is O=C(Nc1cccc(-n2[nH]nnc2=S)c1)C1CSCCS1. The lowest BCUT2D eigenvalue weighted by molar-refractivity contribution is -0.115. The van der Waals surface area contributed by atoms with E-state index in [1.54, 1.807) is 16.4 Å². The van der Waals surface area contributed by atoms with Crippen molar-refractivity contribution >= 4 is 47.3 Å². The van der Waals surface area contributed by atoms with Crippen LogP contribution in [0.3, 0.4) is 0 Å². The molecule has 110 valence electrons. The summed E-state index contributed by atoms with van der Waals surface area (Å²) in [5.41, 5.74) is 1.53. The first-order valence-electron chi connectivity index (χ1n) is 6.35. The van der Waals surface area contributed by atoms with Gasteiger partial charge in [0.15, 0.2) is 0 Å². The highest BCUT2D eigenvalue weighted by Gasteiger charge is 2.22. The van der Waals surface area contributed by atoms with Gasteiger partial charge in [-0.2, -0.15) is 17.0 Å². The molecule has 21 heavy (non-hydrogen) atoms. The van der Waals surface area contributed by atoms with Gasteiger partial charge in [0.05, 0.1) is 10.9 Å². The number of thioether (sulfide) groups is 2. The Balaban J connectivity index is 1.76. The van der Waals surface area contributed by atoms with Crippen molar-refractivity contribution in [2.75, 3.05) is 22.6 Å². The van der Waals surface area contributed by atoms with Crippen LogP contribution in [0, 0.1) is 4.77 Å². The van der Waals surface area contributed by atoms with Crippen LogP contribution >= 0.6 is 35.7 Å². The lowest BCUT2D eigenvalue weighted by Gasteiger charge is -2.20. The number of carbonyl (C=O) groups is 1. The Morgan fingerprint density at radius 3 is 3.10 bits per heavy atom. The zero-order chi connectivity index (χ0) is 14.7. The van der Waals surface area contributed by atoms with Crippen molar-refractivity contribution in [2.45, 2.75) is 5.25 Å².